The number of benzene rings is 3. The smallest absolute Gasteiger partial charge is 0.406 e. The first-order chi connectivity index (χ1) is 17.2. The molecule has 0 saturated carbocycles. The average molecular weight is 517 g/mol. The number of halogens is 4. The quantitative estimate of drug-likeness (QED) is 0.352. The van der Waals surface area contributed by atoms with Crippen molar-refractivity contribution in [1.82, 2.24) is 9.88 Å². The minimum absolute atomic E-state index is 0.162. The summed E-state index contributed by atoms with van der Waals surface area (Å²) in [5.41, 5.74) is 2.69. The zero-order valence-corrected chi connectivity index (χ0v) is 19.5. The molecule has 3 aromatic carbocycles. The van der Waals surface area contributed by atoms with Gasteiger partial charge >= 0.3 is 6.36 Å². The Kier molecular flexibility index (Phi) is 6.29. The maximum atomic E-state index is 13.6. The van der Waals surface area contributed by atoms with E-state index in [-0.39, 0.29) is 17.7 Å². The standard InChI is InChI=1S/C26H20F4N2O3S/c27-18-5-7-20(8-6-18)32-14-23(16-2-1-3-21(12-16)35-26(28,29)30)22-9-4-17(13-24(22)32)25(33)31-19-10-11-36(34)15-19/h1-9,12-14,19H,10-11,15H2,(H,31,33). The first-order valence-electron chi connectivity index (χ1n) is 11.1. The van der Waals surface area contributed by atoms with Crippen LogP contribution in [0.3, 0.4) is 0 Å². The van der Waals surface area contributed by atoms with Crippen molar-refractivity contribution in [2.24, 2.45) is 0 Å². The Morgan fingerprint density at radius 3 is 2.53 bits per heavy atom. The first kappa shape index (κ1) is 24.1. The Hall–Kier alpha value is -3.66. The third-order valence-corrected chi connectivity index (χ3v) is 7.43. The number of hydrogen-bond donors (Lipinski definition) is 1. The van der Waals surface area contributed by atoms with Gasteiger partial charge in [0.1, 0.15) is 11.6 Å². The number of nitrogens with one attached hydrogen (secondary N) is 1. The van der Waals surface area contributed by atoms with Crippen LogP contribution in [-0.4, -0.2) is 38.6 Å². The number of carbonyl (C=O) groups is 1. The summed E-state index contributed by atoms with van der Waals surface area (Å²) in [5.74, 6) is -0.109. The predicted molar refractivity (Wildman–Crippen MR) is 129 cm³/mol. The molecule has 0 bridgehead atoms. The van der Waals surface area contributed by atoms with Gasteiger partial charge in [-0.2, -0.15) is 0 Å². The zero-order chi connectivity index (χ0) is 25.4. The van der Waals surface area contributed by atoms with E-state index in [0.29, 0.717) is 51.2 Å². The van der Waals surface area contributed by atoms with Crippen molar-refractivity contribution in [2.45, 2.75) is 18.8 Å². The van der Waals surface area contributed by atoms with Gasteiger partial charge in [0.15, 0.2) is 0 Å². The van der Waals surface area contributed by atoms with Crippen LogP contribution in [0.2, 0.25) is 0 Å². The molecule has 1 amide bonds. The molecule has 1 N–H and O–H groups in total. The van der Waals surface area contributed by atoms with E-state index < -0.39 is 23.0 Å². The maximum Gasteiger partial charge on any atom is 0.573 e. The van der Waals surface area contributed by atoms with Gasteiger partial charge in [-0.15, -0.1) is 13.2 Å². The van der Waals surface area contributed by atoms with Gasteiger partial charge < -0.3 is 14.6 Å². The third-order valence-electron chi connectivity index (χ3n) is 5.97. The van der Waals surface area contributed by atoms with Crippen LogP contribution in [0.15, 0.2) is 72.9 Å². The van der Waals surface area contributed by atoms with E-state index in [1.807, 2.05) is 0 Å². The van der Waals surface area contributed by atoms with E-state index >= 15 is 0 Å². The normalized spacial score (nSPS) is 17.9. The first-order valence-corrected chi connectivity index (χ1v) is 12.6. The number of fused-ring (bicyclic) bond motifs is 1. The Labute approximate surface area is 206 Å². The largest absolute Gasteiger partial charge is 0.573 e. The van der Waals surface area contributed by atoms with Crippen LogP contribution in [0.25, 0.3) is 27.7 Å². The van der Waals surface area contributed by atoms with E-state index in [2.05, 4.69) is 10.1 Å². The van der Waals surface area contributed by atoms with Crippen LogP contribution in [0.5, 0.6) is 5.75 Å². The van der Waals surface area contributed by atoms with Crippen molar-refractivity contribution in [1.29, 1.82) is 0 Å². The highest BCUT2D eigenvalue weighted by Gasteiger charge is 2.31. The molecule has 4 aromatic rings. The van der Waals surface area contributed by atoms with Crippen molar-refractivity contribution >= 4 is 27.6 Å². The minimum Gasteiger partial charge on any atom is -0.406 e. The van der Waals surface area contributed by atoms with Gasteiger partial charge in [0.2, 0.25) is 0 Å². The lowest BCUT2D eigenvalue weighted by atomic mass is 10.0. The Morgan fingerprint density at radius 1 is 1.06 bits per heavy atom. The molecule has 2 heterocycles. The molecule has 2 atom stereocenters. The van der Waals surface area contributed by atoms with Crippen molar-refractivity contribution in [3.8, 4) is 22.6 Å². The van der Waals surface area contributed by atoms with Crippen LogP contribution < -0.4 is 10.1 Å². The molecule has 1 fully saturated rings. The van der Waals surface area contributed by atoms with E-state index in [4.69, 9.17) is 0 Å². The molecule has 0 spiro atoms. The monoisotopic (exact) mass is 516 g/mol. The molecule has 5 rings (SSSR count). The Balaban J connectivity index is 1.59. The van der Waals surface area contributed by atoms with Crippen LogP contribution >= 0.6 is 0 Å². The van der Waals surface area contributed by atoms with E-state index in [9.17, 15) is 26.6 Å². The van der Waals surface area contributed by atoms with Crippen molar-refractivity contribution in [3.05, 3.63) is 84.3 Å². The lowest BCUT2D eigenvalue weighted by molar-refractivity contribution is -0.274. The average Bonchev–Trinajstić information content (AvgIpc) is 3.41. The second-order valence-electron chi connectivity index (χ2n) is 8.47. The fraction of sp³-hybridized carbons (Fsp3) is 0.192. The zero-order valence-electron chi connectivity index (χ0n) is 18.7. The number of nitrogens with zero attached hydrogens (tertiary/aromatic N) is 1. The summed E-state index contributed by atoms with van der Waals surface area (Å²) in [7, 11) is -0.935. The van der Waals surface area contributed by atoms with Gasteiger partial charge in [0, 0.05) is 56.7 Å². The summed E-state index contributed by atoms with van der Waals surface area (Å²) in [6.45, 7) is 0. The number of amides is 1. The second-order valence-corrected chi connectivity index (χ2v) is 10.1. The minimum atomic E-state index is -4.82. The molecule has 36 heavy (non-hydrogen) atoms. The van der Waals surface area contributed by atoms with Crippen molar-refractivity contribution < 1.29 is 31.3 Å². The van der Waals surface area contributed by atoms with Gasteiger partial charge in [-0.05, 0) is 60.5 Å². The number of aromatic nitrogens is 1. The lowest BCUT2D eigenvalue weighted by Gasteiger charge is -2.12. The molecule has 1 aromatic heterocycles. The fourth-order valence-electron chi connectivity index (χ4n) is 4.32. The summed E-state index contributed by atoms with van der Waals surface area (Å²) < 4.78 is 69.4. The lowest BCUT2D eigenvalue weighted by Crippen LogP contribution is -2.35. The van der Waals surface area contributed by atoms with Gasteiger partial charge in [-0.25, -0.2) is 4.39 Å². The van der Waals surface area contributed by atoms with E-state index in [0.717, 1.165) is 0 Å². The molecule has 0 radical (unpaired) electrons. The molecule has 0 aliphatic carbocycles. The molecule has 1 aliphatic rings. The summed E-state index contributed by atoms with van der Waals surface area (Å²) in [5, 5.41) is 3.59. The van der Waals surface area contributed by atoms with Crippen LogP contribution in [0, 0.1) is 5.82 Å². The fourth-order valence-corrected chi connectivity index (χ4v) is 5.73. The Bertz CT molecular complexity index is 1460. The predicted octanol–water partition coefficient (Wildman–Crippen LogP) is 5.59. The number of ether oxygens (including phenoxy) is 1. The van der Waals surface area contributed by atoms with Gasteiger partial charge in [-0.3, -0.25) is 9.00 Å². The van der Waals surface area contributed by atoms with Crippen LogP contribution in [0.1, 0.15) is 16.8 Å². The summed E-state index contributed by atoms with van der Waals surface area (Å²) in [4.78, 5) is 12.9. The number of carbonyl (C=O) groups excluding carboxylic acids is 1. The van der Waals surface area contributed by atoms with Crippen LogP contribution in [-0.2, 0) is 10.8 Å². The molecule has 2 unspecified atom stereocenters. The molecule has 1 saturated heterocycles. The number of rotatable bonds is 5. The highest BCUT2D eigenvalue weighted by atomic mass is 32.2. The summed E-state index contributed by atoms with van der Waals surface area (Å²) in [6.07, 6.45) is -2.45. The van der Waals surface area contributed by atoms with Crippen LogP contribution in [0.4, 0.5) is 17.6 Å². The van der Waals surface area contributed by atoms with Crippen molar-refractivity contribution in [3.63, 3.8) is 0 Å². The van der Waals surface area contributed by atoms with E-state index in [1.54, 1.807) is 47.2 Å². The highest BCUT2D eigenvalue weighted by molar-refractivity contribution is 7.85. The molecular weight excluding hydrogens is 496 g/mol. The molecule has 186 valence electrons. The molecule has 10 heteroatoms. The molecule has 1 aliphatic heterocycles. The third kappa shape index (κ3) is 5.13. The molecule has 5 nitrogen and oxygen atoms in total. The van der Waals surface area contributed by atoms with Gasteiger partial charge in [-0.1, -0.05) is 18.2 Å². The maximum absolute atomic E-state index is 13.6. The number of hydrogen-bond acceptors (Lipinski definition) is 3. The van der Waals surface area contributed by atoms with Crippen molar-refractivity contribution in [2.75, 3.05) is 11.5 Å². The highest BCUT2D eigenvalue weighted by Crippen LogP contribution is 2.35. The molecular formula is C26H20F4N2O3S. The van der Waals surface area contributed by atoms with E-state index in [1.165, 1.54) is 30.3 Å². The summed E-state index contributed by atoms with van der Waals surface area (Å²) >= 11 is 0. The second kappa shape index (κ2) is 9.42. The van der Waals surface area contributed by atoms with Gasteiger partial charge in [0.25, 0.3) is 5.91 Å². The number of alkyl halides is 3. The summed E-state index contributed by atoms with van der Waals surface area (Å²) in [6, 6.07) is 16.3. The SMILES string of the molecule is O=C(NC1CCS(=O)C1)c1ccc2c(-c3cccc(OC(F)(F)F)c3)cn(-c3ccc(F)cc3)c2c1. The topological polar surface area (TPSA) is 60.3 Å². The Morgan fingerprint density at radius 2 is 1.83 bits per heavy atom. The van der Waals surface area contributed by atoms with Gasteiger partial charge in [0.05, 0.1) is 5.52 Å².